The number of rotatable bonds is 7. The highest BCUT2D eigenvalue weighted by molar-refractivity contribution is 5.13. The molecule has 1 atom stereocenters. The van der Waals surface area contributed by atoms with Crippen LogP contribution in [0.3, 0.4) is 0 Å². The van der Waals surface area contributed by atoms with Crippen LogP contribution >= 0.6 is 0 Å². The SMILES string of the molecule is C=C(C)[C@@H](CC)N(C)C/C(C)=C(\CC)NC. The van der Waals surface area contributed by atoms with E-state index in [1.165, 1.54) is 16.8 Å². The Labute approximate surface area is 101 Å². The van der Waals surface area contributed by atoms with Gasteiger partial charge in [-0.1, -0.05) is 26.0 Å². The summed E-state index contributed by atoms with van der Waals surface area (Å²) in [4.78, 5) is 2.38. The standard InChI is InChI=1S/C14H28N2/c1-8-13(15-6)12(5)10-16(7)14(9-2)11(3)4/h14-15H,3,8-10H2,1-2,4-7H3/b13-12+/t14-/m1/s1. The predicted molar refractivity (Wildman–Crippen MR) is 73.6 cm³/mol. The molecule has 0 saturated carbocycles. The summed E-state index contributed by atoms with van der Waals surface area (Å²) in [6, 6.07) is 0.491. The highest BCUT2D eigenvalue weighted by Crippen LogP contribution is 2.14. The molecule has 94 valence electrons. The lowest BCUT2D eigenvalue weighted by molar-refractivity contribution is 0.286. The molecule has 0 amide bonds. The molecule has 1 N–H and O–H groups in total. The first-order valence-electron chi connectivity index (χ1n) is 6.19. The first-order valence-corrected chi connectivity index (χ1v) is 6.19. The van der Waals surface area contributed by atoms with Gasteiger partial charge in [-0.25, -0.2) is 0 Å². The van der Waals surface area contributed by atoms with Gasteiger partial charge < -0.3 is 5.32 Å². The molecular formula is C14H28N2. The summed E-state index contributed by atoms with van der Waals surface area (Å²) < 4.78 is 0. The lowest BCUT2D eigenvalue weighted by atomic mass is 10.1. The third-order valence-electron chi connectivity index (χ3n) is 3.14. The summed E-state index contributed by atoms with van der Waals surface area (Å²) >= 11 is 0. The predicted octanol–water partition coefficient (Wildman–Crippen LogP) is 3.18. The Bertz CT molecular complexity index is 247. The van der Waals surface area contributed by atoms with Crippen LogP contribution in [-0.2, 0) is 0 Å². The molecule has 2 heteroatoms. The maximum Gasteiger partial charge on any atom is 0.0299 e. The minimum Gasteiger partial charge on any atom is -0.391 e. The van der Waals surface area contributed by atoms with Crippen molar-refractivity contribution in [3.8, 4) is 0 Å². The molecule has 16 heavy (non-hydrogen) atoms. The van der Waals surface area contributed by atoms with Crippen molar-refractivity contribution in [2.45, 2.75) is 46.6 Å². The van der Waals surface area contributed by atoms with Crippen molar-refractivity contribution in [3.05, 3.63) is 23.4 Å². The number of hydrogen-bond acceptors (Lipinski definition) is 2. The van der Waals surface area contributed by atoms with E-state index in [2.05, 4.69) is 51.5 Å². The summed E-state index contributed by atoms with van der Waals surface area (Å²) in [6.45, 7) is 13.8. The molecule has 0 saturated heterocycles. The van der Waals surface area contributed by atoms with Crippen molar-refractivity contribution in [1.29, 1.82) is 0 Å². The average Bonchev–Trinajstić information content (AvgIpc) is 2.19. The Hall–Kier alpha value is -0.760. The van der Waals surface area contributed by atoms with Crippen LogP contribution in [0.5, 0.6) is 0 Å². The van der Waals surface area contributed by atoms with Gasteiger partial charge in [-0.3, -0.25) is 4.90 Å². The average molecular weight is 224 g/mol. The van der Waals surface area contributed by atoms with Crippen LogP contribution in [0.25, 0.3) is 0 Å². The zero-order valence-electron chi connectivity index (χ0n) is 11.9. The fourth-order valence-corrected chi connectivity index (χ4v) is 2.31. The fourth-order valence-electron chi connectivity index (χ4n) is 2.31. The number of nitrogens with one attached hydrogen (secondary N) is 1. The molecule has 0 heterocycles. The van der Waals surface area contributed by atoms with Gasteiger partial charge in [0.25, 0.3) is 0 Å². The Kier molecular flexibility index (Phi) is 7.15. The first-order chi connectivity index (χ1) is 7.47. The van der Waals surface area contributed by atoms with E-state index in [-0.39, 0.29) is 0 Å². The summed E-state index contributed by atoms with van der Waals surface area (Å²) in [5, 5.41) is 3.27. The number of nitrogens with zero attached hydrogens (tertiary/aromatic N) is 1. The molecule has 0 aromatic heterocycles. The summed E-state index contributed by atoms with van der Waals surface area (Å²) in [7, 11) is 4.17. The first kappa shape index (κ1) is 15.2. The van der Waals surface area contributed by atoms with E-state index < -0.39 is 0 Å². The molecule has 0 aromatic carbocycles. The molecule has 0 rings (SSSR count). The van der Waals surface area contributed by atoms with Crippen molar-refractivity contribution in [3.63, 3.8) is 0 Å². The molecule has 0 aliphatic rings. The van der Waals surface area contributed by atoms with Gasteiger partial charge in [0.05, 0.1) is 0 Å². The van der Waals surface area contributed by atoms with Crippen molar-refractivity contribution >= 4 is 0 Å². The normalized spacial score (nSPS) is 14.7. The number of likely N-dealkylation sites (N-methyl/N-ethyl adjacent to an activating group) is 1. The maximum atomic E-state index is 4.07. The second-order valence-corrected chi connectivity index (χ2v) is 4.55. The second-order valence-electron chi connectivity index (χ2n) is 4.55. The van der Waals surface area contributed by atoms with Crippen molar-refractivity contribution in [1.82, 2.24) is 10.2 Å². The summed E-state index contributed by atoms with van der Waals surface area (Å²) in [5.74, 6) is 0. The molecule has 0 spiro atoms. The van der Waals surface area contributed by atoms with Crippen molar-refractivity contribution in [2.75, 3.05) is 20.6 Å². The van der Waals surface area contributed by atoms with Gasteiger partial charge in [0.1, 0.15) is 0 Å². The molecular weight excluding hydrogens is 196 g/mol. The third-order valence-corrected chi connectivity index (χ3v) is 3.14. The molecule has 2 nitrogen and oxygen atoms in total. The van der Waals surface area contributed by atoms with Crippen LogP contribution in [0.2, 0.25) is 0 Å². The van der Waals surface area contributed by atoms with Gasteiger partial charge in [-0.15, -0.1) is 0 Å². The zero-order chi connectivity index (χ0) is 12.7. The number of allylic oxidation sites excluding steroid dienone is 1. The van der Waals surface area contributed by atoms with Crippen LogP contribution in [0.15, 0.2) is 23.4 Å². The quantitative estimate of drug-likeness (QED) is 0.668. The van der Waals surface area contributed by atoms with Gasteiger partial charge >= 0.3 is 0 Å². The molecule has 0 fully saturated rings. The fraction of sp³-hybridized carbons (Fsp3) is 0.714. The minimum atomic E-state index is 0.491. The zero-order valence-corrected chi connectivity index (χ0v) is 11.9. The van der Waals surface area contributed by atoms with E-state index in [1.54, 1.807) is 0 Å². The maximum absolute atomic E-state index is 4.07. The van der Waals surface area contributed by atoms with Crippen LogP contribution in [0, 0.1) is 0 Å². The molecule has 0 radical (unpaired) electrons. The van der Waals surface area contributed by atoms with Gasteiger partial charge in [-0.2, -0.15) is 0 Å². The van der Waals surface area contributed by atoms with Gasteiger partial charge in [0.2, 0.25) is 0 Å². The Morgan fingerprint density at radius 1 is 1.31 bits per heavy atom. The largest absolute Gasteiger partial charge is 0.391 e. The highest BCUT2D eigenvalue weighted by Gasteiger charge is 2.14. The van der Waals surface area contributed by atoms with Crippen molar-refractivity contribution in [2.24, 2.45) is 0 Å². The van der Waals surface area contributed by atoms with Gasteiger partial charge in [0, 0.05) is 25.3 Å². The molecule has 0 aliphatic heterocycles. The molecule has 0 aromatic rings. The van der Waals surface area contributed by atoms with Crippen LogP contribution in [0.1, 0.15) is 40.5 Å². The molecule has 0 bridgehead atoms. The molecule has 0 unspecified atom stereocenters. The van der Waals surface area contributed by atoms with Crippen LogP contribution in [-0.4, -0.2) is 31.6 Å². The van der Waals surface area contributed by atoms with E-state index in [9.17, 15) is 0 Å². The Balaban J connectivity index is 4.59. The number of hydrogen-bond donors (Lipinski definition) is 1. The Morgan fingerprint density at radius 2 is 1.88 bits per heavy atom. The van der Waals surface area contributed by atoms with E-state index in [1.807, 2.05) is 7.05 Å². The lowest BCUT2D eigenvalue weighted by Crippen LogP contribution is -2.33. The minimum absolute atomic E-state index is 0.491. The monoisotopic (exact) mass is 224 g/mol. The third kappa shape index (κ3) is 4.40. The topological polar surface area (TPSA) is 15.3 Å². The smallest absolute Gasteiger partial charge is 0.0299 e. The van der Waals surface area contributed by atoms with E-state index in [0.717, 1.165) is 19.4 Å². The molecule has 0 aliphatic carbocycles. The van der Waals surface area contributed by atoms with Gasteiger partial charge in [-0.05, 0) is 39.3 Å². The summed E-state index contributed by atoms with van der Waals surface area (Å²) in [5.41, 5.74) is 4.02. The van der Waals surface area contributed by atoms with E-state index >= 15 is 0 Å². The van der Waals surface area contributed by atoms with Crippen LogP contribution in [0.4, 0.5) is 0 Å². The van der Waals surface area contributed by atoms with Crippen molar-refractivity contribution < 1.29 is 0 Å². The van der Waals surface area contributed by atoms with Gasteiger partial charge in [0.15, 0.2) is 0 Å². The van der Waals surface area contributed by atoms with Crippen LogP contribution < -0.4 is 5.32 Å². The summed E-state index contributed by atoms with van der Waals surface area (Å²) in [6.07, 6.45) is 2.19. The van der Waals surface area contributed by atoms with E-state index in [4.69, 9.17) is 0 Å². The van der Waals surface area contributed by atoms with E-state index in [0.29, 0.717) is 6.04 Å². The Morgan fingerprint density at radius 3 is 2.19 bits per heavy atom. The second kappa shape index (κ2) is 7.50. The highest BCUT2D eigenvalue weighted by atomic mass is 15.1. The lowest BCUT2D eigenvalue weighted by Gasteiger charge is -2.28.